The van der Waals surface area contributed by atoms with E-state index < -0.39 is 0 Å². The maximum absolute atomic E-state index is 5.71. The van der Waals surface area contributed by atoms with Crippen LogP contribution in [0.15, 0.2) is 48.5 Å². The van der Waals surface area contributed by atoms with E-state index in [4.69, 9.17) is 5.73 Å². The molecule has 3 rings (SSSR count). The molecular formula is C16H15NS. The standard InChI is InChI=1S/C16H15NS/c1-11-14-7-2-3-8-15(14)18-16(11)13-6-4-5-12(9-13)10-17/h2-9H,10,17H2,1H3. The minimum atomic E-state index is 0.595. The second kappa shape index (κ2) is 4.56. The van der Waals surface area contributed by atoms with Gasteiger partial charge in [-0.25, -0.2) is 0 Å². The van der Waals surface area contributed by atoms with Crippen LogP contribution in [0.25, 0.3) is 20.5 Å². The topological polar surface area (TPSA) is 26.0 Å². The Hall–Kier alpha value is -1.64. The van der Waals surface area contributed by atoms with Gasteiger partial charge in [0.2, 0.25) is 0 Å². The summed E-state index contributed by atoms with van der Waals surface area (Å²) in [5, 5.41) is 1.36. The number of benzene rings is 2. The second-order valence-corrected chi connectivity index (χ2v) is 5.51. The Morgan fingerprint density at radius 1 is 1.06 bits per heavy atom. The van der Waals surface area contributed by atoms with Crippen molar-refractivity contribution >= 4 is 21.4 Å². The van der Waals surface area contributed by atoms with Gasteiger partial charge in [-0.1, -0.05) is 36.4 Å². The lowest BCUT2D eigenvalue weighted by Gasteiger charge is -2.02. The zero-order valence-corrected chi connectivity index (χ0v) is 11.1. The first-order chi connectivity index (χ1) is 8.79. The number of hydrogen-bond acceptors (Lipinski definition) is 2. The van der Waals surface area contributed by atoms with E-state index in [1.165, 1.54) is 31.7 Å². The molecule has 18 heavy (non-hydrogen) atoms. The average Bonchev–Trinajstić information content (AvgIpc) is 2.77. The van der Waals surface area contributed by atoms with Crippen LogP contribution in [0, 0.1) is 6.92 Å². The minimum absolute atomic E-state index is 0.595. The van der Waals surface area contributed by atoms with Crippen LogP contribution in [-0.2, 0) is 6.54 Å². The summed E-state index contributed by atoms with van der Waals surface area (Å²) in [7, 11) is 0. The van der Waals surface area contributed by atoms with E-state index in [2.05, 4.69) is 55.5 Å². The summed E-state index contributed by atoms with van der Waals surface area (Å²) in [6, 6.07) is 17.1. The highest BCUT2D eigenvalue weighted by Gasteiger charge is 2.09. The van der Waals surface area contributed by atoms with Crippen molar-refractivity contribution in [3.63, 3.8) is 0 Å². The molecule has 0 saturated carbocycles. The Morgan fingerprint density at radius 3 is 2.67 bits per heavy atom. The van der Waals surface area contributed by atoms with E-state index in [0.29, 0.717) is 6.54 Å². The Labute approximate surface area is 111 Å². The van der Waals surface area contributed by atoms with Crippen LogP contribution in [-0.4, -0.2) is 0 Å². The first kappa shape index (κ1) is 11.5. The molecule has 0 aliphatic heterocycles. The van der Waals surface area contributed by atoms with Crippen LogP contribution in [0.4, 0.5) is 0 Å². The zero-order valence-electron chi connectivity index (χ0n) is 10.3. The van der Waals surface area contributed by atoms with Crippen molar-refractivity contribution in [1.29, 1.82) is 0 Å². The molecule has 2 aromatic carbocycles. The number of hydrogen-bond donors (Lipinski definition) is 1. The molecule has 0 saturated heterocycles. The van der Waals surface area contributed by atoms with Gasteiger partial charge in [-0.05, 0) is 41.1 Å². The molecule has 2 N–H and O–H groups in total. The maximum Gasteiger partial charge on any atom is 0.0384 e. The van der Waals surface area contributed by atoms with Crippen molar-refractivity contribution < 1.29 is 0 Å². The van der Waals surface area contributed by atoms with Gasteiger partial charge in [0.15, 0.2) is 0 Å². The van der Waals surface area contributed by atoms with Crippen molar-refractivity contribution in [3.05, 3.63) is 59.7 Å². The first-order valence-electron chi connectivity index (χ1n) is 6.07. The normalized spacial score (nSPS) is 11.0. The highest BCUT2D eigenvalue weighted by atomic mass is 32.1. The molecule has 0 bridgehead atoms. The first-order valence-corrected chi connectivity index (χ1v) is 6.89. The van der Waals surface area contributed by atoms with Crippen molar-refractivity contribution in [2.45, 2.75) is 13.5 Å². The Bertz CT molecular complexity index is 697. The quantitative estimate of drug-likeness (QED) is 0.722. The molecule has 2 heteroatoms. The lowest BCUT2D eigenvalue weighted by Crippen LogP contribution is -1.95. The molecule has 1 nitrogen and oxygen atoms in total. The third-order valence-corrected chi connectivity index (χ3v) is 4.59. The fourth-order valence-corrected chi connectivity index (χ4v) is 3.49. The summed E-state index contributed by atoms with van der Waals surface area (Å²) in [6.07, 6.45) is 0. The van der Waals surface area contributed by atoms with E-state index in [1.54, 1.807) is 0 Å². The van der Waals surface area contributed by atoms with E-state index in [0.717, 1.165) is 0 Å². The Balaban J connectivity index is 2.21. The molecule has 0 fully saturated rings. The molecule has 90 valence electrons. The second-order valence-electron chi connectivity index (χ2n) is 4.46. The SMILES string of the molecule is Cc1c(-c2cccc(CN)c2)sc2ccccc12. The Morgan fingerprint density at radius 2 is 1.89 bits per heavy atom. The summed E-state index contributed by atoms with van der Waals surface area (Å²) in [5.41, 5.74) is 9.54. The Kier molecular flexibility index (Phi) is 2.90. The van der Waals surface area contributed by atoms with Crippen molar-refractivity contribution in [2.75, 3.05) is 0 Å². The van der Waals surface area contributed by atoms with Gasteiger partial charge in [-0.2, -0.15) is 0 Å². The fraction of sp³-hybridized carbons (Fsp3) is 0.125. The van der Waals surface area contributed by atoms with E-state index in [1.807, 2.05) is 11.3 Å². The predicted molar refractivity (Wildman–Crippen MR) is 79.9 cm³/mol. The molecular weight excluding hydrogens is 238 g/mol. The van der Waals surface area contributed by atoms with Crippen molar-refractivity contribution in [2.24, 2.45) is 5.73 Å². The molecule has 0 aliphatic rings. The average molecular weight is 253 g/mol. The van der Waals surface area contributed by atoms with E-state index >= 15 is 0 Å². The number of nitrogens with two attached hydrogens (primary N) is 1. The van der Waals surface area contributed by atoms with E-state index in [9.17, 15) is 0 Å². The third kappa shape index (κ3) is 1.84. The van der Waals surface area contributed by atoms with E-state index in [-0.39, 0.29) is 0 Å². The summed E-state index contributed by atoms with van der Waals surface area (Å²) in [5.74, 6) is 0. The van der Waals surface area contributed by atoms with Gasteiger partial charge in [0.1, 0.15) is 0 Å². The number of fused-ring (bicyclic) bond motifs is 1. The van der Waals surface area contributed by atoms with Crippen LogP contribution in [0.1, 0.15) is 11.1 Å². The smallest absolute Gasteiger partial charge is 0.0384 e. The highest BCUT2D eigenvalue weighted by molar-refractivity contribution is 7.22. The van der Waals surface area contributed by atoms with Gasteiger partial charge in [-0.15, -0.1) is 11.3 Å². The van der Waals surface area contributed by atoms with Crippen LogP contribution in [0.5, 0.6) is 0 Å². The van der Waals surface area contributed by atoms with Crippen molar-refractivity contribution in [1.82, 2.24) is 0 Å². The number of thiophene rings is 1. The molecule has 3 aromatic rings. The summed E-state index contributed by atoms with van der Waals surface area (Å²) < 4.78 is 1.35. The van der Waals surface area contributed by atoms with Crippen molar-refractivity contribution in [3.8, 4) is 10.4 Å². The number of rotatable bonds is 2. The van der Waals surface area contributed by atoms with Gasteiger partial charge in [0.05, 0.1) is 0 Å². The monoisotopic (exact) mass is 253 g/mol. The van der Waals surface area contributed by atoms with Crippen LogP contribution in [0.2, 0.25) is 0 Å². The third-order valence-electron chi connectivity index (χ3n) is 3.27. The molecule has 1 heterocycles. The minimum Gasteiger partial charge on any atom is -0.326 e. The fourth-order valence-electron chi connectivity index (χ4n) is 2.29. The zero-order chi connectivity index (χ0) is 12.5. The lowest BCUT2D eigenvalue weighted by molar-refractivity contribution is 1.07. The molecule has 0 aliphatic carbocycles. The predicted octanol–water partition coefficient (Wildman–Crippen LogP) is 4.34. The van der Waals surface area contributed by atoms with Gasteiger partial charge in [-0.3, -0.25) is 0 Å². The summed E-state index contributed by atoms with van der Waals surface area (Å²) in [6.45, 7) is 2.79. The molecule has 0 amide bonds. The van der Waals surface area contributed by atoms with Gasteiger partial charge < -0.3 is 5.73 Å². The molecule has 1 aromatic heterocycles. The van der Waals surface area contributed by atoms with Gasteiger partial charge >= 0.3 is 0 Å². The number of aryl methyl sites for hydroxylation is 1. The van der Waals surface area contributed by atoms with Gasteiger partial charge in [0.25, 0.3) is 0 Å². The maximum atomic E-state index is 5.71. The molecule has 0 atom stereocenters. The van der Waals surface area contributed by atoms with Gasteiger partial charge in [0, 0.05) is 16.1 Å². The largest absolute Gasteiger partial charge is 0.326 e. The summed E-state index contributed by atoms with van der Waals surface area (Å²) in [4.78, 5) is 1.35. The van der Waals surface area contributed by atoms with Crippen LogP contribution < -0.4 is 5.73 Å². The lowest BCUT2D eigenvalue weighted by atomic mass is 10.1. The molecule has 0 unspecified atom stereocenters. The van der Waals surface area contributed by atoms with Crippen LogP contribution in [0.3, 0.4) is 0 Å². The molecule has 0 spiro atoms. The van der Waals surface area contributed by atoms with Crippen LogP contribution >= 0.6 is 11.3 Å². The highest BCUT2D eigenvalue weighted by Crippen LogP contribution is 2.38. The molecule has 0 radical (unpaired) electrons. The summed E-state index contributed by atoms with van der Waals surface area (Å²) >= 11 is 1.86.